The zero-order valence-corrected chi connectivity index (χ0v) is 18.9. The van der Waals surface area contributed by atoms with Crippen molar-refractivity contribution in [2.45, 2.75) is 64.8 Å². The lowest BCUT2D eigenvalue weighted by atomic mass is 9.81. The normalized spacial score (nSPS) is 21.8. The van der Waals surface area contributed by atoms with Gasteiger partial charge in [0.25, 0.3) is 0 Å². The molecule has 31 heavy (non-hydrogen) atoms. The van der Waals surface area contributed by atoms with E-state index in [9.17, 15) is 4.79 Å². The minimum Gasteiger partial charge on any atom is -0.336 e. The van der Waals surface area contributed by atoms with Crippen LogP contribution in [0.25, 0.3) is 16.5 Å². The molecule has 1 aliphatic heterocycles. The average molecular weight is 412 g/mol. The number of benzene rings is 1. The van der Waals surface area contributed by atoms with Gasteiger partial charge in [-0.1, -0.05) is 87.4 Å². The average Bonchev–Trinajstić information content (AvgIpc) is 3.08. The van der Waals surface area contributed by atoms with Crippen LogP contribution in [0.3, 0.4) is 0 Å². The predicted molar refractivity (Wildman–Crippen MR) is 133 cm³/mol. The van der Waals surface area contributed by atoms with Crippen LogP contribution in [0.15, 0.2) is 72.9 Å². The Morgan fingerprint density at radius 3 is 2.58 bits per heavy atom. The highest BCUT2D eigenvalue weighted by molar-refractivity contribution is 6.01. The lowest BCUT2D eigenvalue weighted by molar-refractivity contribution is 0.0988. The summed E-state index contributed by atoms with van der Waals surface area (Å²) < 4.78 is 2.39. The van der Waals surface area contributed by atoms with E-state index in [4.69, 9.17) is 0 Å². The Labute approximate surface area is 186 Å². The van der Waals surface area contributed by atoms with E-state index in [1.165, 1.54) is 54.3 Å². The molecule has 0 atom stereocenters. The molecule has 0 N–H and O–H groups in total. The maximum Gasteiger partial charge on any atom is 0.162 e. The molecule has 2 nitrogen and oxygen atoms in total. The van der Waals surface area contributed by atoms with Gasteiger partial charge in [-0.05, 0) is 48.5 Å². The molecule has 160 valence electrons. The second-order valence-electron chi connectivity index (χ2n) is 9.00. The van der Waals surface area contributed by atoms with Crippen LogP contribution in [0.2, 0.25) is 0 Å². The highest BCUT2D eigenvalue weighted by Crippen LogP contribution is 2.43. The molecule has 1 fully saturated rings. The van der Waals surface area contributed by atoms with Gasteiger partial charge in [0.2, 0.25) is 0 Å². The summed E-state index contributed by atoms with van der Waals surface area (Å²) in [6.45, 7) is 13.5. The molecule has 2 heteroatoms. The minimum absolute atomic E-state index is 0.192. The van der Waals surface area contributed by atoms with Gasteiger partial charge in [0.05, 0.1) is 5.69 Å². The van der Waals surface area contributed by atoms with Gasteiger partial charge in [-0.15, -0.1) is 0 Å². The number of carbonyl (C=O) groups is 1. The summed E-state index contributed by atoms with van der Waals surface area (Å²) in [5.41, 5.74) is 7.86. The van der Waals surface area contributed by atoms with E-state index in [-0.39, 0.29) is 5.78 Å². The van der Waals surface area contributed by atoms with Crippen LogP contribution in [0, 0.1) is 0 Å². The predicted octanol–water partition coefficient (Wildman–Crippen LogP) is 7.92. The van der Waals surface area contributed by atoms with Crippen molar-refractivity contribution in [3.8, 4) is 0 Å². The van der Waals surface area contributed by atoms with Gasteiger partial charge in [0, 0.05) is 29.4 Å². The fourth-order valence-corrected chi connectivity index (χ4v) is 5.16. The minimum atomic E-state index is 0.192. The second-order valence-corrected chi connectivity index (χ2v) is 9.00. The molecule has 1 aliphatic carbocycles. The van der Waals surface area contributed by atoms with Gasteiger partial charge >= 0.3 is 0 Å². The maximum atomic E-state index is 12.5. The number of Topliss-reactive ketones (excluding diaryl/α,β-unsaturated/α-hetero) is 1. The van der Waals surface area contributed by atoms with Crippen LogP contribution in [-0.2, 0) is 6.54 Å². The van der Waals surface area contributed by atoms with Crippen LogP contribution in [0.4, 0.5) is 0 Å². The molecule has 1 saturated carbocycles. The molecule has 2 heterocycles. The van der Waals surface area contributed by atoms with Gasteiger partial charge in [0.1, 0.15) is 0 Å². The number of hydrogen-bond donors (Lipinski definition) is 0. The van der Waals surface area contributed by atoms with Crippen molar-refractivity contribution in [3.05, 3.63) is 89.7 Å². The molecule has 1 aromatic carbocycles. The van der Waals surface area contributed by atoms with Crippen LogP contribution in [-0.4, -0.2) is 10.4 Å². The zero-order valence-electron chi connectivity index (χ0n) is 18.9. The lowest BCUT2D eigenvalue weighted by Gasteiger charge is -2.24. The van der Waals surface area contributed by atoms with Crippen LogP contribution in [0.1, 0.15) is 79.9 Å². The van der Waals surface area contributed by atoms with Crippen molar-refractivity contribution in [1.29, 1.82) is 0 Å². The number of aromatic nitrogens is 1. The largest absolute Gasteiger partial charge is 0.336 e. The molecule has 0 bridgehead atoms. The standard InChI is InChI=1S/C29H33NO/c1-5-27(31)24-15-16-25-26(18-24)30-19-21(3)17-20(2)11-9-10-12-22(4)29(30)28(25)23-13-7-6-8-14-23/h9-12,15-18,23H,2,4-8,13-14,19H2,1,3H3/b11-9-,12-10-,21-17-. The van der Waals surface area contributed by atoms with Gasteiger partial charge in [-0.2, -0.15) is 0 Å². The van der Waals surface area contributed by atoms with Gasteiger partial charge in [-0.25, -0.2) is 0 Å². The van der Waals surface area contributed by atoms with Gasteiger partial charge in [-0.3, -0.25) is 4.79 Å². The van der Waals surface area contributed by atoms with Crippen LogP contribution < -0.4 is 0 Å². The fraction of sp³-hybridized carbons (Fsp3) is 0.345. The number of ketones is 1. The number of nitrogens with zero attached hydrogens (tertiary/aromatic N) is 1. The van der Waals surface area contributed by atoms with Gasteiger partial charge < -0.3 is 4.57 Å². The quantitative estimate of drug-likeness (QED) is 0.470. The summed E-state index contributed by atoms with van der Waals surface area (Å²) in [7, 11) is 0. The molecule has 0 radical (unpaired) electrons. The van der Waals surface area contributed by atoms with E-state index in [2.05, 4.69) is 55.0 Å². The molecular weight excluding hydrogens is 378 g/mol. The second kappa shape index (κ2) is 9.09. The third kappa shape index (κ3) is 4.30. The molecular formula is C29H33NO. The van der Waals surface area contributed by atoms with E-state index >= 15 is 0 Å². The fourth-order valence-electron chi connectivity index (χ4n) is 5.16. The van der Waals surface area contributed by atoms with Crippen molar-refractivity contribution in [3.63, 3.8) is 0 Å². The number of hydrogen-bond acceptors (Lipinski definition) is 1. The van der Waals surface area contributed by atoms with E-state index in [0.717, 1.165) is 28.8 Å². The summed E-state index contributed by atoms with van der Waals surface area (Å²) in [6.07, 6.45) is 17.3. The Kier molecular flexibility index (Phi) is 6.27. The Balaban J connectivity index is 2.01. The van der Waals surface area contributed by atoms with Crippen molar-refractivity contribution in [1.82, 2.24) is 4.57 Å². The first kappa shape index (κ1) is 21.4. The smallest absolute Gasteiger partial charge is 0.162 e. The Morgan fingerprint density at radius 1 is 1.10 bits per heavy atom. The lowest BCUT2D eigenvalue weighted by Crippen LogP contribution is -2.09. The molecule has 4 rings (SSSR count). The molecule has 1 aromatic heterocycles. The van der Waals surface area contributed by atoms with Crippen LogP contribution in [0.5, 0.6) is 0 Å². The Morgan fingerprint density at radius 2 is 1.84 bits per heavy atom. The highest BCUT2D eigenvalue weighted by Gasteiger charge is 2.27. The molecule has 0 saturated heterocycles. The van der Waals surface area contributed by atoms with Crippen LogP contribution >= 0.6 is 0 Å². The van der Waals surface area contributed by atoms with Gasteiger partial charge in [0.15, 0.2) is 5.78 Å². The molecule has 0 unspecified atom stereocenters. The first-order valence-electron chi connectivity index (χ1n) is 11.6. The molecule has 2 aromatic rings. The topological polar surface area (TPSA) is 22.0 Å². The first-order chi connectivity index (χ1) is 15.0. The van der Waals surface area contributed by atoms with E-state index in [1.54, 1.807) is 0 Å². The summed E-state index contributed by atoms with van der Waals surface area (Å²) in [5, 5.41) is 1.28. The maximum absolute atomic E-state index is 12.5. The van der Waals surface area contributed by atoms with Crippen molar-refractivity contribution >= 4 is 22.3 Å². The highest BCUT2D eigenvalue weighted by atomic mass is 16.1. The van der Waals surface area contributed by atoms with E-state index in [1.807, 2.05) is 25.1 Å². The van der Waals surface area contributed by atoms with Crippen molar-refractivity contribution in [2.24, 2.45) is 0 Å². The van der Waals surface area contributed by atoms with Crippen molar-refractivity contribution in [2.75, 3.05) is 0 Å². The third-order valence-corrected chi connectivity index (χ3v) is 6.62. The zero-order chi connectivity index (χ0) is 22.0. The Bertz CT molecular complexity index is 1130. The first-order valence-corrected chi connectivity index (χ1v) is 11.6. The number of carbonyl (C=O) groups excluding carboxylic acids is 1. The third-order valence-electron chi connectivity index (χ3n) is 6.62. The summed E-state index contributed by atoms with van der Waals surface area (Å²) in [5.74, 6) is 0.738. The number of allylic oxidation sites excluding steroid dienone is 8. The number of fused-ring (bicyclic) bond motifs is 3. The van der Waals surface area contributed by atoms with Crippen molar-refractivity contribution < 1.29 is 4.79 Å². The van der Waals surface area contributed by atoms with E-state index in [0.29, 0.717) is 12.3 Å². The summed E-state index contributed by atoms with van der Waals surface area (Å²) >= 11 is 0. The molecule has 0 amide bonds. The Hall–Kier alpha value is -2.87. The number of rotatable bonds is 3. The van der Waals surface area contributed by atoms with E-state index < -0.39 is 0 Å². The SMILES string of the molecule is C=C1/C=C\C=C/C(=C)c2c(C3CCCCC3)c3ccc(C(=O)CC)cc3n2C/C(C)=C\1. The molecule has 0 spiro atoms. The monoisotopic (exact) mass is 411 g/mol. The summed E-state index contributed by atoms with van der Waals surface area (Å²) in [4.78, 5) is 12.5. The summed E-state index contributed by atoms with van der Waals surface area (Å²) in [6, 6.07) is 6.31. The molecule has 2 aliphatic rings.